The number of carbonyl (C=O) groups is 4. The number of rotatable bonds is 10. The van der Waals surface area contributed by atoms with Gasteiger partial charge in [0.05, 0.1) is 11.1 Å². The van der Waals surface area contributed by atoms with Crippen LogP contribution in [0.5, 0.6) is 0 Å². The molecular weight excluding hydrogens is 553 g/mol. The molecule has 6 N–H and O–H groups in total. The van der Waals surface area contributed by atoms with Gasteiger partial charge < -0.3 is 22.1 Å². The van der Waals surface area contributed by atoms with Gasteiger partial charge >= 0.3 is 0 Å². The van der Waals surface area contributed by atoms with Gasteiger partial charge in [-0.25, -0.2) is 0 Å². The minimum absolute atomic E-state index is 0.161. The van der Waals surface area contributed by atoms with Crippen LogP contribution in [-0.2, 0) is 35.3 Å². The topological polar surface area (TPSA) is 144 Å². The standard InChI is InChI=1S/C28H38N4O4S3/c29-25(35)23-17-9-5-1-3-7-11-19(17)38-27(23)31-21(33)13-15-37-16-14-22(34)32-28-24(26(30)36)18-10-6-2-4-8-12-20(18)39-28/h1-16H2,(H2,29,35)(H2,30,36)(H,31,33)(H,32,34). The molecule has 39 heavy (non-hydrogen) atoms. The number of thioether (sulfide) groups is 1. The van der Waals surface area contributed by atoms with Gasteiger partial charge in [0, 0.05) is 34.1 Å². The highest BCUT2D eigenvalue weighted by Gasteiger charge is 2.25. The summed E-state index contributed by atoms with van der Waals surface area (Å²) in [6, 6.07) is 0. The summed E-state index contributed by atoms with van der Waals surface area (Å²) < 4.78 is 0. The van der Waals surface area contributed by atoms with Crippen molar-refractivity contribution in [2.24, 2.45) is 11.5 Å². The smallest absolute Gasteiger partial charge is 0.251 e. The van der Waals surface area contributed by atoms with Crippen LogP contribution in [0.25, 0.3) is 0 Å². The summed E-state index contributed by atoms with van der Waals surface area (Å²) in [5.74, 6) is -0.190. The SMILES string of the molecule is NC(=O)c1c(NC(=O)CCSCCC(=O)Nc2sc3c(c2C(N)=O)CCCCCC3)sc2c1CCCCCC2. The largest absolute Gasteiger partial charge is 0.365 e. The van der Waals surface area contributed by atoms with Crippen molar-refractivity contribution in [2.75, 3.05) is 22.1 Å². The number of fused-ring (bicyclic) bond motifs is 2. The Morgan fingerprint density at radius 3 is 1.38 bits per heavy atom. The molecule has 0 aliphatic heterocycles. The molecule has 0 aromatic carbocycles. The molecule has 0 unspecified atom stereocenters. The first-order valence-corrected chi connectivity index (χ1v) is 16.7. The van der Waals surface area contributed by atoms with E-state index in [1.807, 2.05) is 0 Å². The molecule has 0 saturated heterocycles. The summed E-state index contributed by atoms with van der Waals surface area (Å²) in [5, 5.41) is 6.97. The van der Waals surface area contributed by atoms with Crippen LogP contribution in [0.4, 0.5) is 10.0 Å². The van der Waals surface area contributed by atoms with Crippen LogP contribution in [-0.4, -0.2) is 35.1 Å². The molecule has 0 bridgehead atoms. The van der Waals surface area contributed by atoms with Crippen LogP contribution in [0.15, 0.2) is 0 Å². The number of nitrogens with two attached hydrogens (primary N) is 2. The Labute approximate surface area is 242 Å². The van der Waals surface area contributed by atoms with Crippen LogP contribution in [0.3, 0.4) is 0 Å². The molecule has 0 spiro atoms. The predicted octanol–water partition coefficient (Wildman–Crippen LogP) is 5.42. The van der Waals surface area contributed by atoms with Crippen molar-refractivity contribution in [1.29, 1.82) is 0 Å². The number of nitrogens with one attached hydrogen (secondary N) is 2. The van der Waals surface area contributed by atoms with E-state index in [0.717, 1.165) is 85.1 Å². The first kappa shape index (κ1) is 29.6. The normalized spacial score (nSPS) is 15.6. The molecule has 8 nitrogen and oxygen atoms in total. The Morgan fingerprint density at radius 1 is 0.615 bits per heavy atom. The molecule has 2 heterocycles. The molecular formula is C28H38N4O4S3. The lowest BCUT2D eigenvalue weighted by Gasteiger charge is -2.10. The Balaban J connectivity index is 1.24. The zero-order valence-corrected chi connectivity index (χ0v) is 24.8. The van der Waals surface area contributed by atoms with E-state index in [9.17, 15) is 19.2 Å². The van der Waals surface area contributed by atoms with E-state index in [2.05, 4.69) is 10.6 Å². The monoisotopic (exact) mass is 590 g/mol. The molecule has 2 aliphatic carbocycles. The number of anilines is 2. The number of thiophene rings is 2. The fourth-order valence-corrected chi connectivity index (χ4v) is 8.83. The molecule has 0 radical (unpaired) electrons. The van der Waals surface area contributed by atoms with Crippen LogP contribution >= 0.6 is 34.4 Å². The first-order valence-electron chi connectivity index (χ1n) is 13.9. The van der Waals surface area contributed by atoms with Crippen molar-refractivity contribution in [3.8, 4) is 0 Å². The van der Waals surface area contributed by atoms with Crippen molar-refractivity contribution < 1.29 is 19.2 Å². The summed E-state index contributed by atoms with van der Waals surface area (Å²) in [6.07, 6.45) is 12.9. The Hall–Kier alpha value is -2.37. The molecule has 4 amide bonds. The van der Waals surface area contributed by atoms with E-state index in [1.54, 1.807) is 0 Å². The highest BCUT2D eigenvalue weighted by molar-refractivity contribution is 7.99. The van der Waals surface area contributed by atoms with Gasteiger partial charge in [-0.3, -0.25) is 19.2 Å². The van der Waals surface area contributed by atoms with Crippen LogP contribution in [0.2, 0.25) is 0 Å². The molecule has 0 fully saturated rings. The van der Waals surface area contributed by atoms with Crippen LogP contribution in [0, 0.1) is 0 Å². The van der Waals surface area contributed by atoms with Gasteiger partial charge in [0.2, 0.25) is 11.8 Å². The second-order valence-corrected chi connectivity index (χ2v) is 13.6. The van der Waals surface area contributed by atoms with Crippen molar-refractivity contribution in [2.45, 2.75) is 89.9 Å². The van der Waals surface area contributed by atoms with E-state index in [1.165, 1.54) is 47.3 Å². The molecule has 212 valence electrons. The number of carbonyl (C=O) groups excluding carboxylic acids is 4. The van der Waals surface area contributed by atoms with Crippen molar-refractivity contribution in [1.82, 2.24) is 0 Å². The Bertz CT molecular complexity index is 1130. The van der Waals surface area contributed by atoms with E-state index in [-0.39, 0.29) is 24.7 Å². The van der Waals surface area contributed by atoms with Crippen LogP contribution < -0.4 is 22.1 Å². The average Bonchev–Trinajstić information content (AvgIpc) is 3.35. The van der Waals surface area contributed by atoms with Gasteiger partial charge in [0.1, 0.15) is 10.0 Å². The summed E-state index contributed by atoms with van der Waals surface area (Å²) in [6.45, 7) is 0. The van der Waals surface area contributed by atoms with Crippen molar-refractivity contribution >= 4 is 68.1 Å². The molecule has 2 aromatic rings. The van der Waals surface area contributed by atoms with Crippen LogP contribution in [0.1, 0.15) is 106 Å². The van der Waals surface area contributed by atoms with E-state index in [4.69, 9.17) is 11.5 Å². The lowest BCUT2D eigenvalue weighted by molar-refractivity contribution is -0.116. The molecule has 2 aliphatic rings. The Kier molecular flexibility index (Phi) is 10.9. The fraction of sp³-hybridized carbons (Fsp3) is 0.571. The van der Waals surface area contributed by atoms with Crippen molar-refractivity contribution in [3.63, 3.8) is 0 Å². The first-order chi connectivity index (χ1) is 18.8. The van der Waals surface area contributed by atoms with E-state index in [0.29, 0.717) is 32.6 Å². The summed E-state index contributed by atoms with van der Waals surface area (Å²) in [7, 11) is 0. The van der Waals surface area contributed by atoms with Gasteiger partial charge in [-0.15, -0.1) is 22.7 Å². The summed E-state index contributed by atoms with van der Waals surface area (Å²) in [4.78, 5) is 52.0. The van der Waals surface area contributed by atoms with Gasteiger partial charge in [0.25, 0.3) is 11.8 Å². The third-order valence-electron chi connectivity index (χ3n) is 7.29. The molecule has 2 aromatic heterocycles. The van der Waals surface area contributed by atoms with Gasteiger partial charge in [0.15, 0.2) is 0 Å². The highest BCUT2D eigenvalue weighted by Crippen LogP contribution is 2.38. The number of hydrogen-bond donors (Lipinski definition) is 4. The van der Waals surface area contributed by atoms with Crippen molar-refractivity contribution in [3.05, 3.63) is 32.0 Å². The predicted molar refractivity (Wildman–Crippen MR) is 161 cm³/mol. The fourth-order valence-electron chi connectivity index (χ4n) is 5.35. The maximum absolute atomic E-state index is 12.6. The lowest BCUT2D eigenvalue weighted by atomic mass is 9.96. The van der Waals surface area contributed by atoms with Gasteiger partial charge in [-0.2, -0.15) is 11.8 Å². The molecule has 4 rings (SSSR count). The molecule has 0 atom stereocenters. The third kappa shape index (κ3) is 7.85. The third-order valence-corrected chi connectivity index (χ3v) is 10.7. The number of aryl methyl sites for hydroxylation is 2. The van der Waals surface area contributed by atoms with Gasteiger partial charge in [-0.05, 0) is 62.5 Å². The zero-order valence-electron chi connectivity index (χ0n) is 22.3. The summed E-state index contributed by atoms with van der Waals surface area (Å²) in [5.41, 5.74) is 14.4. The summed E-state index contributed by atoms with van der Waals surface area (Å²) >= 11 is 4.48. The second kappa shape index (κ2) is 14.3. The quantitative estimate of drug-likeness (QED) is 0.273. The maximum atomic E-state index is 12.6. The maximum Gasteiger partial charge on any atom is 0.251 e. The number of hydrogen-bond acceptors (Lipinski definition) is 7. The van der Waals surface area contributed by atoms with E-state index >= 15 is 0 Å². The second-order valence-electron chi connectivity index (χ2n) is 10.2. The average molecular weight is 591 g/mol. The number of primary amides is 2. The minimum atomic E-state index is -0.485. The Morgan fingerprint density at radius 2 is 1.00 bits per heavy atom. The van der Waals surface area contributed by atoms with Gasteiger partial charge in [-0.1, -0.05) is 25.7 Å². The van der Waals surface area contributed by atoms with E-state index < -0.39 is 11.8 Å². The molecule has 11 heteroatoms. The zero-order chi connectivity index (χ0) is 27.8. The molecule has 0 saturated carbocycles. The minimum Gasteiger partial charge on any atom is -0.365 e. The highest BCUT2D eigenvalue weighted by atomic mass is 32.2. The number of amides is 4. The lowest BCUT2D eigenvalue weighted by Crippen LogP contribution is -2.19.